The monoisotopic (exact) mass is 375 g/mol. The number of hydrogen-bond donors (Lipinski definition) is 2. The van der Waals surface area contributed by atoms with Crippen LogP contribution in [-0.4, -0.2) is 30.8 Å². The van der Waals surface area contributed by atoms with Gasteiger partial charge in [-0.05, 0) is 80.1 Å². The summed E-state index contributed by atoms with van der Waals surface area (Å²) in [6.45, 7) is 2.85. The molecule has 28 heavy (non-hydrogen) atoms. The van der Waals surface area contributed by atoms with Crippen molar-refractivity contribution in [2.75, 3.05) is 25.0 Å². The minimum atomic E-state index is 0.300. The van der Waals surface area contributed by atoms with Crippen LogP contribution in [0.2, 0.25) is 0 Å². The van der Waals surface area contributed by atoms with Gasteiger partial charge >= 0.3 is 0 Å². The zero-order chi connectivity index (χ0) is 18.8. The van der Waals surface area contributed by atoms with Crippen LogP contribution in [0.5, 0.6) is 11.5 Å². The summed E-state index contributed by atoms with van der Waals surface area (Å²) in [7, 11) is 0. The number of anilines is 2. The Labute approximate surface area is 165 Å². The van der Waals surface area contributed by atoms with E-state index in [1.165, 1.54) is 5.56 Å². The lowest BCUT2D eigenvalue weighted by Gasteiger charge is -2.24. The highest BCUT2D eigenvalue weighted by Crippen LogP contribution is 2.30. The molecule has 1 aromatic heterocycles. The Morgan fingerprint density at radius 1 is 1.04 bits per heavy atom. The number of hydrogen-bond acceptors (Lipinski definition) is 5. The summed E-state index contributed by atoms with van der Waals surface area (Å²) in [6.07, 6.45) is 6.50. The van der Waals surface area contributed by atoms with E-state index in [0.29, 0.717) is 6.10 Å². The molecule has 0 amide bonds. The number of benzene rings is 2. The number of nitrogens with one attached hydrogen (secondary N) is 2. The smallest absolute Gasteiger partial charge is 0.130 e. The SMILES string of the molecule is c1cc2c(cc1Nc1cc3cc(OC4CCNCC4)ccc3cn1)OCCC2. The summed E-state index contributed by atoms with van der Waals surface area (Å²) in [5.41, 5.74) is 2.28. The second-order valence-electron chi connectivity index (χ2n) is 7.55. The predicted molar refractivity (Wildman–Crippen MR) is 112 cm³/mol. The average molecular weight is 375 g/mol. The third-order valence-electron chi connectivity index (χ3n) is 5.47. The van der Waals surface area contributed by atoms with Crippen molar-refractivity contribution in [2.45, 2.75) is 31.8 Å². The highest BCUT2D eigenvalue weighted by Gasteiger charge is 2.15. The fourth-order valence-electron chi connectivity index (χ4n) is 3.93. The molecule has 1 fully saturated rings. The number of piperidine rings is 1. The third kappa shape index (κ3) is 3.76. The Hall–Kier alpha value is -2.79. The van der Waals surface area contributed by atoms with Gasteiger partial charge in [0.15, 0.2) is 0 Å². The van der Waals surface area contributed by atoms with Gasteiger partial charge in [0.25, 0.3) is 0 Å². The van der Waals surface area contributed by atoms with Gasteiger partial charge in [-0.2, -0.15) is 0 Å². The number of pyridine rings is 1. The fraction of sp³-hybridized carbons (Fsp3) is 0.348. The van der Waals surface area contributed by atoms with Crippen LogP contribution in [0.3, 0.4) is 0 Å². The number of aromatic nitrogens is 1. The van der Waals surface area contributed by atoms with Gasteiger partial charge in [0.2, 0.25) is 0 Å². The Balaban J connectivity index is 1.36. The number of fused-ring (bicyclic) bond motifs is 2. The van der Waals surface area contributed by atoms with Crippen molar-refractivity contribution in [2.24, 2.45) is 0 Å². The molecule has 0 aliphatic carbocycles. The summed E-state index contributed by atoms with van der Waals surface area (Å²) in [6, 6.07) is 14.6. The van der Waals surface area contributed by atoms with Crippen LogP contribution in [0, 0.1) is 0 Å². The Morgan fingerprint density at radius 2 is 1.96 bits per heavy atom. The van der Waals surface area contributed by atoms with E-state index in [9.17, 15) is 0 Å². The molecule has 2 aromatic carbocycles. The van der Waals surface area contributed by atoms with E-state index in [-0.39, 0.29) is 0 Å². The molecule has 2 N–H and O–H groups in total. The molecule has 2 aliphatic rings. The van der Waals surface area contributed by atoms with Crippen LogP contribution in [-0.2, 0) is 6.42 Å². The van der Waals surface area contributed by atoms with Crippen LogP contribution in [0.1, 0.15) is 24.8 Å². The van der Waals surface area contributed by atoms with Crippen molar-refractivity contribution < 1.29 is 9.47 Å². The van der Waals surface area contributed by atoms with Crippen molar-refractivity contribution in [1.29, 1.82) is 0 Å². The Morgan fingerprint density at radius 3 is 2.89 bits per heavy atom. The second kappa shape index (κ2) is 7.68. The van der Waals surface area contributed by atoms with E-state index < -0.39 is 0 Å². The van der Waals surface area contributed by atoms with Crippen LogP contribution >= 0.6 is 0 Å². The van der Waals surface area contributed by atoms with E-state index >= 15 is 0 Å². The number of ether oxygens (including phenoxy) is 2. The minimum absolute atomic E-state index is 0.300. The van der Waals surface area contributed by atoms with Gasteiger partial charge in [0.05, 0.1) is 6.61 Å². The Kier molecular flexibility index (Phi) is 4.75. The van der Waals surface area contributed by atoms with Crippen LogP contribution in [0.15, 0.2) is 48.7 Å². The number of nitrogens with zero attached hydrogens (tertiary/aromatic N) is 1. The summed E-state index contributed by atoms with van der Waals surface area (Å²) in [5.74, 6) is 2.73. The van der Waals surface area contributed by atoms with Gasteiger partial charge < -0.3 is 20.1 Å². The highest BCUT2D eigenvalue weighted by molar-refractivity contribution is 5.85. The molecule has 2 aliphatic heterocycles. The molecular weight excluding hydrogens is 350 g/mol. The molecule has 0 atom stereocenters. The standard InChI is InChI=1S/C23H25N3O2/c1-2-16-3-5-19(14-22(16)27-11-1)26-23-13-18-12-21(6-4-17(18)15-25-23)28-20-7-9-24-10-8-20/h3-6,12-15,20,24H,1-2,7-11H2,(H,25,26). The van der Waals surface area contributed by atoms with Gasteiger partial charge in [-0.1, -0.05) is 6.07 Å². The van der Waals surface area contributed by atoms with E-state index in [1.54, 1.807) is 0 Å². The van der Waals surface area contributed by atoms with E-state index in [4.69, 9.17) is 9.47 Å². The minimum Gasteiger partial charge on any atom is -0.493 e. The van der Waals surface area contributed by atoms with E-state index in [1.807, 2.05) is 12.3 Å². The zero-order valence-electron chi connectivity index (χ0n) is 15.9. The van der Waals surface area contributed by atoms with Crippen LogP contribution in [0.4, 0.5) is 11.5 Å². The van der Waals surface area contributed by atoms with E-state index in [0.717, 1.165) is 79.2 Å². The topological polar surface area (TPSA) is 55.4 Å². The Bertz CT molecular complexity index is 983. The number of rotatable bonds is 4. The largest absolute Gasteiger partial charge is 0.493 e. The summed E-state index contributed by atoms with van der Waals surface area (Å²) < 4.78 is 12.0. The molecule has 0 unspecified atom stereocenters. The van der Waals surface area contributed by atoms with Gasteiger partial charge in [-0.15, -0.1) is 0 Å². The van der Waals surface area contributed by atoms with Gasteiger partial charge in [-0.25, -0.2) is 4.98 Å². The molecule has 0 saturated carbocycles. The van der Waals surface area contributed by atoms with E-state index in [2.05, 4.69) is 52.0 Å². The molecule has 3 heterocycles. The predicted octanol–water partition coefficient (Wildman–Crippen LogP) is 4.43. The van der Waals surface area contributed by atoms with Crippen molar-refractivity contribution in [3.05, 3.63) is 54.2 Å². The summed E-state index contributed by atoms with van der Waals surface area (Å²) >= 11 is 0. The molecular formula is C23H25N3O2. The lowest BCUT2D eigenvalue weighted by molar-refractivity contribution is 0.162. The number of aryl methyl sites for hydroxylation is 1. The summed E-state index contributed by atoms with van der Waals surface area (Å²) in [5, 5.41) is 9.01. The lowest BCUT2D eigenvalue weighted by atomic mass is 10.1. The van der Waals surface area contributed by atoms with Crippen LogP contribution < -0.4 is 20.1 Å². The van der Waals surface area contributed by atoms with Crippen molar-refractivity contribution in [3.8, 4) is 11.5 Å². The van der Waals surface area contributed by atoms with Crippen molar-refractivity contribution >= 4 is 22.3 Å². The second-order valence-corrected chi connectivity index (χ2v) is 7.55. The van der Waals surface area contributed by atoms with Crippen molar-refractivity contribution in [3.63, 3.8) is 0 Å². The van der Waals surface area contributed by atoms with Crippen molar-refractivity contribution in [1.82, 2.24) is 10.3 Å². The van der Waals surface area contributed by atoms with Crippen LogP contribution in [0.25, 0.3) is 10.8 Å². The average Bonchev–Trinajstić information content (AvgIpc) is 2.74. The molecule has 5 rings (SSSR count). The molecule has 0 radical (unpaired) electrons. The van der Waals surface area contributed by atoms with Gasteiger partial charge in [0, 0.05) is 23.3 Å². The highest BCUT2D eigenvalue weighted by atomic mass is 16.5. The maximum atomic E-state index is 6.19. The maximum Gasteiger partial charge on any atom is 0.130 e. The lowest BCUT2D eigenvalue weighted by Crippen LogP contribution is -2.34. The molecule has 144 valence electrons. The molecule has 0 spiro atoms. The third-order valence-corrected chi connectivity index (χ3v) is 5.47. The maximum absolute atomic E-state index is 6.19. The molecule has 3 aromatic rings. The molecule has 1 saturated heterocycles. The first-order valence-electron chi connectivity index (χ1n) is 10.1. The molecule has 0 bridgehead atoms. The first kappa shape index (κ1) is 17.3. The van der Waals surface area contributed by atoms with Gasteiger partial charge in [0.1, 0.15) is 23.4 Å². The quantitative estimate of drug-likeness (QED) is 0.706. The van der Waals surface area contributed by atoms with Gasteiger partial charge in [-0.3, -0.25) is 0 Å². The first-order valence-corrected chi connectivity index (χ1v) is 10.1. The normalized spacial score (nSPS) is 17.0. The fourth-order valence-corrected chi connectivity index (χ4v) is 3.93. The first-order chi connectivity index (χ1) is 13.8. The zero-order valence-corrected chi connectivity index (χ0v) is 15.9. The summed E-state index contributed by atoms with van der Waals surface area (Å²) in [4.78, 5) is 4.56. The molecule has 5 nitrogen and oxygen atoms in total. The molecule has 5 heteroatoms.